The summed E-state index contributed by atoms with van der Waals surface area (Å²) in [5, 5.41) is 6.24. The first kappa shape index (κ1) is 18.4. The maximum atomic E-state index is 11.8. The molecule has 0 aliphatic rings. The van der Waals surface area contributed by atoms with Crippen LogP contribution >= 0.6 is 0 Å². The summed E-state index contributed by atoms with van der Waals surface area (Å²) in [6.45, 7) is 8.18. The lowest BCUT2D eigenvalue weighted by atomic mass is 10.0. The Hall–Kier alpha value is -0.650. The molecule has 0 saturated heterocycles. The Labute approximate surface area is 118 Å². The quantitative estimate of drug-likeness (QED) is 0.615. The maximum Gasteiger partial charge on any atom is 0.234 e. The highest BCUT2D eigenvalue weighted by Gasteiger charge is 2.14. The Kier molecular flexibility index (Phi) is 9.83. The summed E-state index contributed by atoms with van der Waals surface area (Å²) in [5.74, 6) is 0.644. The van der Waals surface area contributed by atoms with Crippen molar-refractivity contribution < 1.29 is 9.53 Å². The monoisotopic (exact) mass is 273 g/mol. The highest BCUT2D eigenvalue weighted by Crippen LogP contribution is 2.05. The van der Waals surface area contributed by atoms with Crippen molar-refractivity contribution in [1.29, 1.82) is 0 Å². The minimum absolute atomic E-state index is 0.0251. The van der Waals surface area contributed by atoms with Crippen LogP contribution in [0.4, 0.5) is 0 Å². The third-order valence-corrected chi connectivity index (χ3v) is 2.72. The fraction of sp³-hybridized carbons (Fsp3) is 0.929. The summed E-state index contributed by atoms with van der Waals surface area (Å²) in [5.41, 5.74) is 0. The number of amides is 1. The van der Waals surface area contributed by atoms with E-state index in [0.717, 1.165) is 13.0 Å². The van der Waals surface area contributed by atoms with Crippen molar-refractivity contribution in [3.05, 3.63) is 0 Å². The van der Waals surface area contributed by atoms with Crippen LogP contribution in [0.5, 0.6) is 0 Å². The zero-order valence-corrected chi connectivity index (χ0v) is 13.3. The SMILES string of the molecule is COCC(C)NC(=O)CNC(CC(C)C)CN(C)C. The molecular weight excluding hydrogens is 242 g/mol. The lowest BCUT2D eigenvalue weighted by Gasteiger charge is -2.24. The van der Waals surface area contributed by atoms with Crippen LogP contribution < -0.4 is 10.6 Å². The van der Waals surface area contributed by atoms with E-state index in [-0.39, 0.29) is 11.9 Å². The van der Waals surface area contributed by atoms with Gasteiger partial charge in [0, 0.05) is 25.7 Å². The van der Waals surface area contributed by atoms with Crippen molar-refractivity contribution in [3.63, 3.8) is 0 Å². The van der Waals surface area contributed by atoms with Crippen LogP contribution in [-0.2, 0) is 9.53 Å². The molecule has 0 spiro atoms. The first-order valence-electron chi connectivity index (χ1n) is 7.01. The molecule has 5 heteroatoms. The van der Waals surface area contributed by atoms with Gasteiger partial charge in [0.1, 0.15) is 0 Å². The van der Waals surface area contributed by atoms with Gasteiger partial charge in [0.15, 0.2) is 0 Å². The zero-order valence-electron chi connectivity index (χ0n) is 13.3. The molecule has 114 valence electrons. The second-order valence-corrected chi connectivity index (χ2v) is 5.89. The van der Waals surface area contributed by atoms with E-state index >= 15 is 0 Å². The molecular formula is C14H31N3O2. The Morgan fingerprint density at radius 3 is 2.37 bits per heavy atom. The second kappa shape index (κ2) is 10.2. The van der Waals surface area contributed by atoms with Gasteiger partial charge in [0.25, 0.3) is 0 Å². The second-order valence-electron chi connectivity index (χ2n) is 5.89. The summed E-state index contributed by atoms with van der Waals surface area (Å²) < 4.78 is 4.99. The van der Waals surface area contributed by atoms with Gasteiger partial charge in [-0.25, -0.2) is 0 Å². The van der Waals surface area contributed by atoms with Crippen molar-refractivity contribution in [2.45, 2.75) is 39.3 Å². The number of carbonyl (C=O) groups excluding carboxylic acids is 1. The minimum Gasteiger partial charge on any atom is -0.383 e. The van der Waals surface area contributed by atoms with E-state index in [1.165, 1.54) is 0 Å². The first-order valence-corrected chi connectivity index (χ1v) is 7.01. The van der Waals surface area contributed by atoms with Gasteiger partial charge in [0.05, 0.1) is 13.2 Å². The van der Waals surface area contributed by atoms with Crippen molar-refractivity contribution in [2.75, 3.05) is 40.9 Å². The molecule has 5 nitrogen and oxygen atoms in total. The highest BCUT2D eigenvalue weighted by molar-refractivity contribution is 5.78. The van der Waals surface area contributed by atoms with Crippen molar-refractivity contribution in [2.24, 2.45) is 5.92 Å². The smallest absolute Gasteiger partial charge is 0.234 e. The topological polar surface area (TPSA) is 53.6 Å². The lowest BCUT2D eigenvalue weighted by Crippen LogP contribution is -2.46. The molecule has 0 bridgehead atoms. The standard InChI is InChI=1S/C14H31N3O2/c1-11(2)7-13(9-17(4)5)15-8-14(18)16-12(3)10-19-6/h11-13,15H,7-10H2,1-6H3,(H,16,18). The predicted molar refractivity (Wildman–Crippen MR) is 79.3 cm³/mol. The van der Waals surface area contributed by atoms with E-state index in [2.05, 4.69) is 43.5 Å². The fourth-order valence-corrected chi connectivity index (χ4v) is 2.09. The van der Waals surface area contributed by atoms with E-state index in [1.807, 2.05) is 6.92 Å². The first-order chi connectivity index (χ1) is 8.85. The van der Waals surface area contributed by atoms with E-state index in [4.69, 9.17) is 4.74 Å². The molecule has 0 aliphatic heterocycles. The van der Waals surface area contributed by atoms with Gasteiger partial charge in [-0.05, 0) is 33.4 Å². The Morgan fingerprint density at radius 2 is 1.89 bits per heavy atom. The summed E-state index contributed by atoms with van der Waals surface area (Å²) in [7, 11) is 5.74. The normalized spacial score (nSPS) is 14.7. The van der Waals surface area contributed by atoms with Gasteiger partial charge in [-0.3, -0.25) is 4.79 Å². The number of rotatable bonds is 10. The van der Waals surface area contributed by atoms with E-state index in [9.17, 15) is 4.79 Å². The fourth-order valence-electron chi connectivity index (χ4n) is 2.09. The number of ether oxygens (including phenoxy) is 1. The number of methoxy groups -OCH3 is 1. The number of nitrogens with zero attached hydrogens (tertiary/aromatic N) is 1. The molecule has 0 rings (SSSR count). The predicted octanol–water partition coefficient (Wildman–Crippen LogP) is 0.703. The molecule has 2 atom stereocenters. The maximum absolute atomic E-state index is 11.8. The minimum atomic E-state index is 0.0251. The van der Waals surface area contributed by atoms with Gasteiger partial charge in [-0.2, -0.15) is 0 Å². The number of hydrogen-bond donors (Lipinski definition) is 2. The summed E-state index contributed by atoms with van der Waals surface area (Å²) in [4.78, 5) is 13.9. The summed E-state index contributed by atoms with van der Waals surface area (Å²) in [6, 6.07) is 0.398. The van der Waals surface area contributed by atoms with Crippen molar-refractivity contribution in [1.82, 2.24) is 15.5 Å². The number of hydrogen-bond acceptors (Lipinski definition) is 4. The average molecular weight is 273 g/mol. The third-order valence-electron chi connectivity index (χ3n) is 2.72. The van der Waals surface area contributed by atoms with Crippen molar-refractivity contribution >= 4 is 5.91 Å². The van der Waals surface area contributed by atoms with Crippen LogP contribution in [0.25, 0.3) is 0 Å². The van der Waals surface area contributed by atoms with Crippen LogP contribution in [0.15, 0.2) is 0 Å². The van der Waals surface area contributed by atoms with Crippen LogP contribution in [0.1, 0.15) is 27.2 Å². The molecule has 0 fully saturated rings. The van der Waals surface area contributed by atoms with Gasteiger partial charge in [0.2, 0.25) is 5.91 Å². The molecule has 0 aliphatic carbocycles. The van der Waals surface area contributed by atoms with Gasteiger partial charge in [-0.15, -0.1) is 0 Å². The molecule has 0 aromatic carbocycles. The third kappa shape index (κ3) is 10.9. The van der Waals surface area contributed by atoms with Gasteiger partial charge >= 0.3 is 0 Å². The van der Waals surface area contributed by atoms with Gasteiger partial charge < -0.3 is 20.3 Å². The van der Waals surface area contributed by atoms with Crippen LogP contribution in [0.2, 0.25) is 0 Å². The van der Waals surface area contributed by atoms with Crippen LogP contribution in [0.3, 0.4) is 0 Å². The molecule has 0 radical (unpaired) electrons. The van der Waals surface area contributed by atoms with Crippen LogP contribution in [0, 0.1) is 5.92 Å². The highest BCUT2D eigenvalue weighted by atomic mass is 16.5. The number of nitrogens with one attached hydrogen (secondary N) is 2. The summed E-state index contributed by atoms with van der Waals surface area (Å²) >= 11 is 0. The number of carbonyl (C=O) groups is 1. The zero-order chi connectivity index (χ0) is 14.8. The molecule has 0 aromatic rings. The Bertz CT molecular complexity index is 235. The molecule has 1 amide bonds. The van der Waals surface area contributed by atoms with E-state index in [1.54, 1.807) is 7.11 Å². The van der Waals surface area contributed by atoms with Crippen molar-refractivity contribution in [3.8, 4) is 0 Å². The average Bonchev–Trinajstić information content (AvgIpc) is 2.24. The van der Waals surface area contributed by atoms with E-state index < -0.39 is 0 Å². The Morgan fingerprint density at radius 1 is 1.26 bits per heavy atom. The molecule has 0 saturated carbocycles. The molecule has 2 unspecified atom stereocenters. The number of likely N-dealkylation sites (N-methyl/N-ethyl adjacent to an activating group) is 1. The van der Waals surface area contributed by atoms with Gasteiger partial charge in [-0.1, -0.05) is 13.8 Å². The molecule has 19 heavy (non-hydrogen) atoms. The van der Waals surface area contributed by atoms with E-state index in [0.29, 0.717) is 25.1 Å². The molecule has 2 N–H and O–H groups in total. The largest absolute Gasteiger partial charge is 0.383 e. The molecule has 0 heterocycles. The molecule has 0 aromatic heterocycles. The summed E-state index contributed by atoms with van der Waals surface area (Å²) in [6.07, 6.45) is 1.07. The lowest BCUT2D eigenvalue weighted by molar-refractivity contribution is -0.121. The Balaban J connectivity index is 4.04. The van der Waals surface area contributed by atoms with Crippen LogP contribution in [-0.4, -0.2) is 63.8 Å².